The highest BCUT2D eigenvalue weighted by molar-refractivity contribution is 7.89. The van der Waals surface area contributed by atoms with Crippen LogP contribution >= 0.6 is 0 Å². The number of carbonyl (C=O) groups excluding carboxylic acids is 2. The van der Waals surface area contributed by atoms with E-state index in [1.807, 2.05) is 10.3 Å². The first-order valence-electron chi connectivity index (χ1n) is 6.52. The molecule has 8 heteroatoms. The van der Waals surface area contributed by atoms with E-state index in [0.717, 1.165) is 0 Å². The summed E-state index contributed by atoms with van der Waals surface area (Å²) >= 11 is 0. The summed E-state index contributed by atoms with van der Waals surface area (Å²) in [5.41, 5.74) is 2.37. The average molecular weight is 334 g/mol. The molecule has 0 radical (unpaired) electrons. The fourth-order valence-electron chi connectivity index (χ4n) is 1.77. The van der Waals surface area contributed by atoms with Crippen molar-refractivity contribution in [2.24, 2.45) is 0 Å². The van der Waals surface area contributed by atoms with Gasteiger partial charge in [-0.25, -0.2) is 8.42 Å². The number of hydrazine groups is 1. The zero-order valence-electron chi connectivity index (χ0n) is 12.1. The number of phenolic OH excluding ortho intramolecular Hbond substituents is 1. The number of nitrogens with one attached hydrogen (secondary N) is 2. The first-order chi connectivity index (χ1) is 10.8. The van der Waals surface area contributed by atoms with Crippen molar-refractivity contribution in [3.05, 3.63) is 59.7 Å². The monoisotopic (exact) mass is 334 g/mol. The average Bonchev–Trinajstić information content (AvgIpc) is 2.52. The van der Waals surface area contributed by atoms with Crippen molar-refractivity contribution in [3.8, 4) is 5.75 Å². The van der Waals surface area contributed by atoms with Crippen molar-refractivity contribution in [2.75, 3.05) is 0 Å². The SMILES string of the molecule is CC(=O)c1cccc(S(=O)(=O)NNC(=O)c2cccc(O)c2)c1. The van der Waals surface area contributed by atoms with E-state index in [4.69, 9.17) is 0 Å². The van der Waals surface area contributed by atoms with E-state index in [-0.39, 0.29) is 27.6 Å². The molecule has 3 N–H and O–H groups in total. The van der Waals surface area contributed by atoms with Crippen LogP contribution in [0.5, 0.6) is 5.75 Å². The van der Waals surface area contributed by atoms with E-state index in [2.05, 4.69) is 0 Å². The summed E-state index contributed by atoms with van der Waals surface area (Å²) in [6.07, 6.45) is 0. The minimum Gasteiger partial charge on any atom is -0.508 e. The first kappa shape index (κ1) is 16.7. The van der Waals surface area contributed by atoms with Gasteiger partial charge in [0.15, 0.2) is 5.78 Å². The number of Topliss-reactive ketones (excluding diaryl/α,β-unsaturated/α-hetero) is 1. The molecular formula is C15H14N2O5S. The van der Waals surface area contributed by atoms with Crippen LogP contribution in [-0.2, 0) is 10.0 Å². The summed E-state index contributed by atoms with van der Waals surface area (Å²) < 4.78 is 24.2. The molecule has 0 spiro atoms. The second-order valence-electron chi connectivity index (χ2n) is 4.69. The maximum atomic E-state index is 12.1. The van der Waals surface area contributed by atoms with Crippen LogP contribution in [0.4, 0.5) is 0 Å². The molecule has 0 fully saturated rings. The maximum Gasteiger partial charge on any atom is 0.266 e. The molecular weight excluding hydrogens is 320 g/mol. The van der Waals surface area contributed by atoms with Crippen LogP contribution < -0.4 is 10.3 Å². The number of rotatable bonds is 5. The van der Waals surface area contributed by atoms with Crippen LogP contribution in [0.15, 0.2) is 53.4 Å². The summed E-state index contributed by atoms with van der Waals surface area (Å²) in [6.45, 7) is 1.32. The Hall–Kier alpha value is -2.71. The number of amides is 1. The van der Waals surface area contributed by atoms with E-state index in [9.17, 15) is 23.1 Å². The van der Waals surface area contributed by atoms with Crippen LogP contribution in [0, 0.1) is 0 Å². The lowest BCUT2D eigenvalue weighted by Gasteiger charge is -2.09. The second kappa shape index (κ2) is 6.59. The van der Waals surface area contributed by atoms with Crippen LogP contribution in [-0.4, -0.2) is 25.2 Å². The topological polar surface area (TPSA) is 113 Å². The van der Waals surface area contributed by atoms with Crippen LogP contribution in [0.3, 0.4) is 0 Å². The molecule has 7 nitrogen and oxygen atoms in total. The Morgan fingerprint density at radius 1 is 1.00 bits per heavy atom. The molecule has 0 saturated heterocycles. The number of phenols is 1. The minimum absolute atomic E-state index is 0.0881. The lowest BCUT2D eigenvalue weighted by Crippen LogP contribution is -2.41. The van der Waals surface area contributed by atoms with Gasteiger partial charge in [0.05, 0.1) is 4.90 Å². The van der Waals surface area contributed by atoms with Gasteiger partial charge >= 0.3 is 0 Å². The Bertz CT molecular complexity index is 862. The van der Waals surface area contributed by atoms with Gasteiger partial charge in [0.1, 0.15) is 5.75 Å². The van der Waals surface area contributed by atoms with Gasteiger partial charge in [-0.1, -0.05) is 18.2 Å². The molecule has 0 aromatic heterocycles. The lowest BCUT2D eigenvalue weighted by molar-refractivity contribution is 0.0943. The molecule has 0 saturated carbocycles. The molecule has 0 aliphatic heterocycles. The zero-order valence-corrected chi connectivity index (χ0v) is 12.9. The lowest BCUT2D eigenvalue weighted by atomic mass is 10.2. The maximum absolute atomic E-state index is 12.1. The number of sulfonamides is 1. The molecule has 120 valence electrons. The van der Waals surface area contributed by atoms with E-state index in [0.29, 0.717) is 0 Å². The quantitative estimate of drug-likeness (QED) is 0.562. The molecule has 0 unspecified atom stereocenters. The summed E-state index contributed by atoms with van der Waals surface area (Å²) in [4.78, 5) is 24.9. The fourth-order valence-corrected chi connectivity index (χ4v) is 2.66. The Labute approximate surface area is 133 Å². The van der Waals surface area contributed by atoms with E-state index in [1.54, 1.807) is 0 Å². The van der Waals surface area contributed by atoms with Crippen LogP contribution in [0.25, 0.3) is 0 Å². The second-order valence-corrected chi connectivity index (χ2v) is 6.38. The van der Waals surface area contributed by atoms with Crippen LogP contribution in [0.2, 0.25) is 0 Å². The zero-order chi connectivity index (χ0) is 17.0. The van der Waals surface area contributed by atoms with Gasteiger partial charge in [-0.05, 0) is 37.3 Å². The van der Waals surface area contributed by atoms with Crippen molar-refractivity contribution >= 4 is 21.7 Å². The fraction of sp³-hybridized carbons (Fsp3) is 0.0667. The highest BCUT2D eigenvalue weighted by atomic mass is 32.2. The Kier molecular flexibility index (Phi) is 4.77. The highest BCUT2D eigenvalue weighted by Gasteiger charge is 2.17. The van der Waals surface area contributed by atoms with Gasteiger partial charge in [0.25, 0.3) is 15.9 Å². The van der Waals surface area contributed by atoms with Crippen molar-refractivity contribution in [1.82, 2.24) is 10.3 Å². The molecule has 0 aliphatic rings. The third-order valence-corrected chi connectivity index (χ3v) is 4.20. The van der Waals surface area contributed by atoms with Gasteiger partial charge in [0.2, 0.25) is 0 Å². The number of hydrogen-bond donors (Lipinski definition) is 3. The van der Waals surface area contributed by atoms with Gasteiger partial charge in [-0.3, -0.25) is 15.0 Å². The van der Waals surface area contributed by atoms with Crippen molar-refractivity contribution in [1.29, 1.82) is 0 Å². The number of ketones is 1. The molecule has 0 aliphatic carbocycles. The summed E-state index contributed by atoms with van der Waals surface area (Å²) in [5, 5.41) is 9.30. The molecule has 2 rings (SSSR count). The predicted molar refractivity (Wildman–Crippen MR) is 82.3 cm³/mol. The Morgan fingerprint density at radius 2 is 1.65 bits per heavy atom. The Morgan fingerprint density at radius 3 is 2.30 bits per heavy atom. The van der Waals surface area contributed by atoms with Gasteiger partial charge < -0.3 is 5.11 Å². The molecule has 2 aromatic rings. The van der Waals surface area contributed by atoms with Crippen molar-refractivity contribution < 1.29 is 23.1 Å². The number of carbonyl (C=O) groups is 2. The summed E-state index contributed by atoms with van der Waals surface area (Å²) in [7, 11) is -4.03. The third kappa shape index (κ3) is 4.15. The van der Waals surface area contributed by atoms with Crippen LogP contribution in [0.1, 0.15) is 27.6 Å². The summed E-state index contributed by atoms with van der Waals surface area (Å²) in [5.74, 6) is -1.12. The van der Waals surface area contributed by atoms with Crippen molar-refractivity contribution in [3.63, 3.8) is 0 Å². The van der Waals surface area contributed by atoms with E-state index >= 15 is 0 Å². The molecule has 23 heavy (non-hydrogen) atoms. The first-order valence-corrected chi connectivity index (χ1v) is 8.00. The van der Waals surface area contributed by atoms with E-state index in [1.165, 1.54) is 55.5 Å². The predicted octanol–water partition coefficient (Wildman–Crippen LogP) is 1.22. The summed E-state index contributed by atoms with van der Waals surface area (Å²) in [6, 6.07) is 10.9. The largest absolute Gasteiger partial charge is 0.508 e. The standard InChI is InChI=1S/C15H14N2O5S/c1-10(18)11-4-3-7-14(9-11)23(21,22)17-16-15(20)12-5-2-6-13(19)8-12/h2-9,17,19H,1H3,(H,16,20). The van der Waals surface area contributed by atoms with Gasteiger partial charge in [0, 0.05) is 11.1 Å². The van der Waals surface area contributed by atoms with Gasteiger partial charge in [-0.2, -0.15) is 0 Å². The van der Waals surface area contributed by atoms with Crippen molar-refractivity contribution in [2.45, 2.75) is 11.8 Å². The van der Waals surface area contributed by atoms with Gasteiger partial charge in [-0.15, -0.1) is 4.83 Å². The number of hydrogen-bond acceptors (Lipinski definition) is 5. The molecule has 0 atom stereocenters. The molecule has 0 bridgehead atoms. The minimum atomic E-state index is -4.03. The molecule has 2 aromatic carbocycles. The highest BCUT2D eigenvalue weighted by Crippen LogP contribution is 2.12. The van der Waals surface area contributed by atoms with E-state index < -0.39 is 15.9 Å². The number of aromatic hydroxyl groups is 1. The number of benzene rings is 2. The molecule has 1 amide bonds. The molecule has 0 heterocycles. The Balaban J connectivity index is 2.14. The third-order valence-electron chi connectivity index (χ3n) is 2.96. The normalized spacial score (nSPS) is 11.0. The smallest absolute Gasteiger partial charge is 0.266 e.